The number of urea groups is 1. The largest absolute Gasteiger partial charge is 0.480 e. The predicted molar refractivity (Wildman–Crippen MR) is 76.6 cm³/mol. The average molecular weight is 300 g/mol. The summed E-state index contributed by atoms with van der Waals surface area (Å²) in [5, 5.41) is 16.0. The van der Waals surface area contributed by atoms with Gasteiger partial charge in [-0.3, -0.25) is 0 Å². The Morgan fingerprint density at radius 2 is 2.42 bits per heavy atom. The molecule has 1 saturated heterocycles. The van der Waals surface area contributed by atoms with E-state index in [0.717, 1.165) is 6.42 Å². The van der Waals surface area contributed by atoms with Crippen molar-refractivity contribution in [2.24, 2.45) is 0 Å². The maximum atomic E-state index is 12.0. The molecule has 7 heteroatoms. The second-order valence-electron chi connectivity index (χ2n) is 4.51. The first-order chi connectivity index (χ1) is 9.08. The molecule has 2 rings (SSSR count). The number of amides is 2. The van der Waals surface area contributed by atoms with Crippen molar-refractivity contribution in [2.45, 2.75) is 25.4 Å². The van der Waals surface area contributed by atoms with Gasteiger partial charge in [0.25, 0.3) is 0 Å². The summed E-state index contributed by atoms with van der Waals surface area (Å²) in [5.74, 6) is -0.0408. The van der Waals surface area contributed by atoms with Gasteiger partial charge in [-0.25, -0.2) is 9.59 Å². The summed E-state index contributed by atoms with van der Waals surface area (Å²) in [7, 11) is 0. The molecule has 1 unspecified atom stereocenters. The number of hydrogen-bond donors (Lipinski definition) is 2. The third kappa shape index (κ3) is 3.63. The zero-order valence-electron chi connectivity index (χ0n) is 10.5. The molecule has 2 atom stereocenters. The molecule has 1 aromatic rings. The molecule has 0 saturated carbocycles. The van der Waals surface area contributed by atoms with E-state index in [2.05, 4.69) is 10.7 Å². The number of nitrogens with one attached hydrogen (secondary N) is 1. The zero-order valence-corrected chi connectivity index (χ0v) is 12.2. The van der Waals surface area contributed by atoms with Crippen LogP contribution in [0.3, 0.4) is 0 Å². The van der Waals surface area contributed by atoms with Crippen LogP contribution in [-0.2, 0) is 11.2 Å². The first-order valence-electron chi connectivity index (χ1n) is 5.96. The minimum atomic E-state index is -0.939. The summed E-state index contributed by atoms with van der Waals surface area (Å²) in [6.45, 7) is 1.93. The molecule has 1 fully saturated rings. The van der Waals surface area contributed by atoms with E-state index in [4.69, 9.17) is 5.11 Å². The van der Waals surface area contributed by atoms with Crippen molar-refractivity contribution in [1.82, 2.24) is 10.2 Å². The normalized spacial score (nSPS) is 20.3. The second-order valence-corrected chi connectivity index (χ2v) is 6.29. The van der Waals surface area contributed by atoms with Gasteiger partial charge in [0.1, 0.15) is 6.04 Å². The molecule has 19 heavy (non-hydrogen) atoms. The van der Waals surface area contributed by atoms with Crippen LogP contribution >= 0.6 is 23.1 Å². The molecule has 1 aliphatic rings. The monoisotopic (exact) mass is 300 g/mol. The number of hydrogen-bond acceptors (Lipinski definition) is 4. The lowest BCUT2D eigenvalue weighted by Crippen LogP contribution is -2.49. The van der Waals surface area contributed by atoms with E-state index in [1.54, 1.807) is 11.3 Å². The van der Waals surface area contributed by atoms with E-state index in [-0.39, 0.29) is 12.1 Å². The highest BCUT2D eigenvalue weighted by atomic mass is 32.2. The Balaban J connectivity index is 1.88. The van der Waals surface area contributed by atoms with Gasteiger partial charge in [-0.2, -0.15) is 11.3 Å². The molecule has 2 amide bonds. The first-order valence-corrected chi connectivity index (χ1v) is 8.06. The van der Waals surface area contributed by atoms with Crippen LogP contribution in [0.25, 0.3) is 0 Å². The summed E-state index contributed by atoms with van der Waals surface area (Å²) in [6.07, 6.45) is 0.758. The van der Waals surface area contributed by atoms with Crippen LogP contribution in [0.15, 0.2) is 16.8 Å². The van der Waals surface area contributed by atoms with E-state index < -0.39 is 12.0 Å². The van der Waals surface area contributed by atoms with Gasteiger partial charge in [0.05, 0.1) is 5.88 Å². The van der Waals surface area contributed by atoms with Gasteiger partial charge in [0, 0.05) is 11.8 Å². The zero-order chi connectivity index (χ0) is 13.8. The summed E-state index contributed by atoms with van der Waals surface area (Å²) in [6, 6.07) is 1.01. The van der Waals surface area contributed by atoms with Crippen LogP contribution in [0.1, 0.15) is 12.5 Å². The summed E-state index contributed by atoms with van der Waals surface area (Å²) < 4.78 is 0. The number of thiophene rings is 1. The van der Waals surface area contributed by atoms with Crippen molar-refractivity contribution in [3.8, 4) is 0 Å². The molecule has 104 valence electrons. The van der Waals surface area contributed by atoms with Gasteiger partial charge in [-0.05, 0) is 35.7 Å². The van der Waals surface area contributed by atoms with Crippen LogP contribution in [-0.4, -0.2) is 45.7 Å². The number of carboxylic acid groups (broad SMARTS) is 1. The third-order valence-corrected chi connectivity index (χ3v) is 4.66. The molecule has 0 aliphatic carbocycles. The van der Waals surface area contributed by atoms with Crippen molar-refractivity contribution < 1.29 is 14.7 Å². The lowest BCUT2D eigenvalue weighted by atomic mass is 10.1. The van der Waals surface area contributed by atoms with E-state index in [1.165, 1.54) is 22.2 Å². The minimum absolute atomic E-state index is 0.0119. The summed E-state index contributed by atoms with van der Waals surface area (Å²) in [4.78, 5) is 24.5. The molecule has 1 aromatic heterocycles. The maximum Gasteiger partial charge on any atom is 0.327 e. The Bertz CT molecular complexity index is 450. The van der Waals surface area contributed by atoms with E-state index in [9.17, 15) is 9.59 Å². The van der Waals surface area contributed by atoms with Crippen molar-refractivity contribution >= 4 is 35.1 Å². The van der Waals surface area contributed by atoms with E-state index in [0.29, 0.717) is 11.6 Å². The molecular weight excluding hydrogens is 284 g/mol. The van der Waals surface area contributed by atoms with Crippen LogP contribution in [0.2, 0.25) is 0 Å². The van der Waals surface area contributed by atoms with Crippen molar-refractivity contribution in [1.29, 1.82) is 0 Å². The topological polar surface area (TPSA) is 69.6 Å². The highest BCUT2D eigenvalue weighted by molar-refractivity contribution is 7.99. The molecular formula is C12H16N2O3S2. The van der Waals surface area contributed by atoms with Crippen LogP contribution in [0.5, 0.6) is 0 Å². The van der Waals surface area contributed by atoms with Gasteiger partial charge in [0.15, 0.2) is 0 Å². The summed E-state index contributed by atoms with van der Waals surface area (Å²) >= 11 is 3.09. The molecule has 0 bridgehead atoms. The molecule has 0 radical (unpaired) electrons. The Morgan fingerprint density at radius 3 is 3.05 bits per heavy atom. The second kappa shape index (κ2) is 6.29. The first kappa shape index (κ1) is 14.2. The molecule has 0 spiro atoms. The minimum Gasteiger partial charge on any atom is -0.480 e. The van der Waals surface area contributed by atoms with Crippen LogP contribution in [0.4, 0.5) is 4.79 Å². The Morgan fingerprint density at radius 1 is 1.63 bits per heavy atom. The van der Waals surface area contributed by atoms with Gasteiger partial charge >= 0.3 is 12.0 Å². The Kier molecular flexibility index (Phi) is 4.71. The maximum absolute atomic E-state index is 12.0. The quantitative estimate of drug-likeness (QED) is 0.890. The number of nitrogens with zero attached hydrogens (tertiary/aromatic N) is 1. The lowest BCUT2D eigenvalue weighted by molar-refractivity contribution is -0.140. The van der Waals surface area contributed by atoms with E-state index >= 15 is 0 Å². The predicted octanol–water partition coefficient (Wildman–Crippen LogP) is 1.85. The molecule has 5 nitrogen and oxygen atoms in total. The molecule has 0 aromatic carbocycles. The SMILES string of the molecule is CC(Cc1ccsc1)NC(=O)N1CSC[C@H]1C(=O)O. The van der Waals surface area contributed by atoms with Crippen LogP contribution in [0, 0.1) is 0 Å². The van der Waals surface area contributed by atoms with E-state index in [1.807, 2.05) is 18.4 Å². The fraction of sp³-hybridized carbons (Fsp3) is 0.500. The molecule has 2 N–H and O–H groups in total. The van der Waals surface area contributed by atoms with Gasteiger partial charge in [-0.15, -0.1) is 11.8 Å². The van der Waals surface area contributed by atoms with Crippen molar-refractivity contribution in [3.05, 3.63) is 22.4 Å². The van der Waals surface area contributed by atoms with Gasteiger partial charge in [-0.1, -0.05) is 0 Å². The molecule has 1 aliphatic heterocycles. The number of rotatable bonds is 4. The Labute approximate surface area is 120 Å². The van der Waals surface area contributed by atoms with Crippen LogP contribution < -0.4 is 5.32 Å². The number of aliphatic carboxylic acids is 1. The fourth-order valence-electron chi connectivity index (χ4n) is 1.95. The average Bonchev–Trinajstić information content (AvgIpc) is 2.97. The fourth-order valence-corrected chi connectivity index (χ4v) is 3.78. The van der Waals surface area contributed by atoms with Crippen molar-refractivity contribution in [3.63, 3.8) is 0 Å². The highest BCUT2D eigenvalue weighted by Gasteiger charge is 2.34. The third-order valence-electron chi connectivity index (χ3n) is 2.92. The lowest BCUT2D eigenvalue weighted by Gasteiger charge is -2.23. The highest BCUT2D eigenvalue weighted by Crippen LogP contribution is 2.21. The van der Waals surface area contributed by atoms with Gasteiger partial charge < -0.3 is 15.3 Å². The molecule has 2 heterocycles. The number of carboxylic acids is 1. The standard InChI is InChI=1S/C12H16N2O3S2/c1-8(4-9-2-3-18-5-9)13-12(17)14-7-19-6-10(14)11(15)16/h2-3,5,8,10H,4,6-7H2,1H3,(H,13,17)(H,15,16)/t8?,10-/m0/s1. The smallest absolute Gasteiger partial charge is 0.327 e. The number of carbonyl (C=O) groups excluding carboxylic acids is 1. The summed E-state index contributed by atoms with van der Waals surface area (Å²) in [5.41, 5.74) is 1.18. The number of carbonyl (C=O) groups is 2. The Hall–Kier alpha value is -1.21. The van der Waals surface area contributed by atoms with Crippen molar-refractivity contribution in [2.75, 3.05) is 11.6 Å². The number of thioether (sulfide) groups is 1. The van der Waals surface area contributed by atoms with Gasteiger partial charge in [0.2, 0.25) is 0 Å².